The van der Waals surface area contributed by atoms with Crippen LogP contribution in [0.5, 0.6) is 0 Å². The Morgan fingerprint density at radius 3 is 2.52 bits per heavy atom. The number of fused-ring (bicyclic) bond motifs is 3. The predicted molar refractivity (Wildman–Crippen MR) is 117 cm³/mol. The van der Waals surface area contributed by atoms with Gasteiger partial charge in [0.2, 0.25) is 5.95 Å². The number of rotatable bonds is 3. The molecule has 1 aliphatic heterocycles. The van der Waals surface area contributed by atoms with Crippen LogP contribution in [-0.4, -0.2) is 40.7 Å². The maximum absolute atomic E-state index is 4.69. The first-order chi connectivity index (χ1) is 14.2. The smallest absolute Gasteiger partial charge is 0.222 e. The molecule has 0 amide bonds. The molecular formula is C22H21N7. The van der Waals surface area contributed by atoms with E-state index in [4.69, 9.17) is 4.98 Å². The summed E-state index contributed by atoms with van der Waals surface area (Å²) in [5.74, 6) is 0.608. The molecule has 0 radical (unpaired) electrons. The molecule has 0 fully saturated rings. The van der Waals surface area contributed by atoms with E-state index in [1.165, 1.54) is 0 Å². The van der Waals surface area contributed by atoms with E-state index in [1.807, 2.05) is 44.8 Å². The second kappa shape index (κ2) is 6.70. The highest BCUT2D eigenvalue weighted by atomic mass is 15.4. The number of pyridine rings is 2. The summed E-state index contributed by atoms with van der Waals surface area (Å²) in [7, 11) is 3.90. The van der Waals surface area contributed by atoms with Crippen LogP contribution < -0.4 is 15.1 Å². The van der Waals surface area contributed by atoms with Crippen molar-refractivity contribution in [3.8, 4) is 11.1 Å². The van der Waals surface area contributed by atoms with E-state index in [1.54, 1.807) is 0 Å². The lowest BCUT2D eigenvalue weighted by molar-refractivity contribution is 0.939. The second-order valence-corrected chi connectivity index (χ2v) is 7.14. The van der Waals surface area contributed by atoms with E-state index < -0.39 is 0 Å². The zero-order valence-corrected chi connectivity index (χ0v) is 16.6. The molecule has 0 unspecified atom stereocenters. The molecule has 0 bridgehead atoms. The number of aryl methyl sites for hydroxylation is 1. The zero-order valence-electron chi connectivity index (χ0n) is 16.6. The minimum absolute atomic E-state index is 0.608. The number of benzene rings is 1. The van der Waals surface area contributed by atoms with Crippen LogP contribution in [-0.2, 0) is 0 Å². The van der Waals surface area contributed by atoms with Crippen molar-refractivity contribution in [1.29, 1.82) is 0 Å². The molecule has 3 aromatic heterocycles. The van der Waals surface area contributed by atoms with Gasteiger partial charge < -0.3 is 15.1 Å². The zero-order chi connectivity index (χ0) is 20.0. The standard InChI is InChI=1S/C22H21N7/c1-14-19(5-4-8-24-14)29-13-28(3)20-12-25-18-7-6-15(9-17(18)21(20)29)16-10-26-22(23-2)27-11-16/h4-12H,13H2,1-3H3,(H,23,26,27). The number of aromatic nitrogens is 4. The average Bonchev–Trinajstić information content (AvgIpc) is 3.10. The molecule has 0 atom stereocenters. The molecule has 0 saturated heterocycles. The monoisotopic (exact) mass is 383 g/mol. The topological polar surface area (TPSA) is 70.1 Å². The van der Waals surface area contributed by atoms with Crippen molar-refractivity contribution in [2.24, 2.45) is 0 Å². The minimum atomic E-state index is 0.608. The largest absolute Gasteiger partial charge is 0.357 e. The lowest BCUT2D eigenvalue weighted by Crippen LogP contribution is -2.24. The van der Waals surface area contributed by atoms with Crippen LogP contribution in [0.3, 0.4) is 0 Å². The Hall–Kier alpha value is -3.74. The van der Waals surface area contributed by atoms with E-state index in [9.17, 15) is 0 Å². The molecule has 144 valence electrons. The molecule has 4 aromatic rings. The van der Waals surface area contributed by atoms with Crippen LogP contribution in [0.15, 0.2) is 55.1 Å². The van der Waals surface area contributed by atoms with Crippen LogP contribution in [0.25, 0.3) is 22.0 Å². The summed E-state index contributed by atoms with van der Waals surface area (Å²) in [4.78, 5) is 22.4. The van der Waals surface area contributed by atoms with Crippen LogP contribution in [0.4, 0.5) is 23.0 Å². The molecule has 1 aliphatic rings. The summed E-state index contributed by atoms with van der Waals surface area (Å²) in [5, 5.41) is 4.06. The van der Waals surface area contributed by atoms with Crippen LogP contribution >= 0.6 is 0 Å². The third kappa shape index (κ3) is 2.82. The summed E-state index contributed by atoms with van der Waals surface area (Å²) >= 11 is 0. The molecule has 4 heterocycles. The van der Waals surface area contributed by atoms with Gasteiger partial charge in [-0.3, -0.25) is 9.97 Å². The first kappa shape index (κ1) is 17.4. The van der Waals surface area contributed by atoms with Crippen LogP contribution in [0, 0.1) is 6.92 Å². The molecule has 5 rings (SSSR count). The summed E-state index contributed by atoms with van der Waals surface area (Å²) in [5.41, 5.74) is 7.38. The summed E-state index contributed by atoms with van der Waals surface area (Å²) in [6.45, 7) is 2.80. The maximum atomic E-state index is 4.69. The fraction of sp³-hybridized carbons (Fsp3) is 0.182. The van der Waals surface area contributed by atoms with Gasteiger partial charge in [0, 0.05) is 43.6 Å². The van der Waals surface area contributed by atoms with Gasteiger partial charge in [-0.2, -0.15) is 0 Å². The molecule has 0 spiro atoms. The van der Waals surface area contributed by atoms with Crippen molar-refractivity contribution in [2.75, 3.05) is 35.9 Å². The van der Waals surface area contributed by atoms with Gasteiger partial charge >= 0.3 is 0 Å². The lowest BCUT2D eigenvalue weighted by atomic mass is 10.0. The molecule has 0 saturated carbocycles. The van der Waals surface area contributed by atoms with E-state index in [0.717, 1.165) is 51.5 Å². The van der Waals surface area contributed by atoms with Gasteiger partial charge in [-0.05, 0) is 36.8 Å². The Morgan fingerprint density at radius 1 is 0.931 bits per heavy atom. The molecule has 1 N–H and O–H groups in total. The quantitative estimate of drug-likeness (QED) is 0.574. The Balaban J connectivity index is 1.70. The second-order valence-electron chi connectivity index (χ2n) is 7.14. The van der Waals surface area contributed by atoms with Crippen molar-refractivity contribution in [3.63, 3.8) is 0 Å². The SMILES string of the molecule is CNc1ncc(-c2ccc3ncc4c(c3c2)N(c2cccnc2C)CN4C)cn1. The summed E-state index contributed by atoms with van der Waals surface area (Å²) in [6.07, 6.45) is 7.46. The van der Waals surface area contributed by atoms with Crippen LogP contribution in [0.1, 0.15) is 5.69 Å². The Kier molecular flexibility index (Phi) is 4.01. The van der Waals surface area contributed by atoms with E-state index in [2.05, 4.69) is 61.4 Å². The van der Waals surface area contributed by atoms with Gasteiger partial charge in [-0.25, -0.2) is 9.97 Å². The number of nitrogens with one attached hydrogen (secondary N) is 1. The highest BCUT2D eigenvalue weighted by Gasteiger charge is 2.28. The molecule has 0 aliphatic carbocycles. The molecule has 7 nitrogen and oxygen atoms in total. The summed E-state index contributed by atoms with van der Waals surface area (Å²) in [6, 6.07) is 10.4. The first-order valence-electron chi connectivity index (χ1n) is 9.49. The number of hydrogen-bond donors (Lipinski definition) is 1. The fourth-order valence-corrected chi connectivity index (χ4v) is 3.83. The summed E-state index contributed by atoms with van der Waals surface area (Å²) < 4.78 is 0. The molecule has 1 aromatic carbocycles. The van der Waals surface area contributed by atoms with Gasteiger partial charge in [0.05, 0.1) is 41.1 Å². The molecular weight excluding hydrogens is 362 g/mol. The Bertz CT molecular complexity index is 1200. The van der Waals surface area contributed by atoms with Crippen molar-refractivity contribution in [1.82, 2.24) is 19.9 Å². The van der Waals surface area contributed by atoms with Gasteiger partial charge in [0.1, 0.15) is 0 Å². The number of hydrogen-bond acceptors (Lipinski definition) is 7. The van der Waals surface area contributed by atoms with Crippen molar-refractivity contribution < 1.29 is 0 Å². The minimum Gasteiger partial charge on any atom is -0.357 e. The van der Waals surface area contributed by atoms with Crippen LogP contribution in [0.2, 0.25) is 0 Å². The van der Waals surface area contributed by atoms with Gasteiger partial charge in [0.15, 0.2) is 0 Å². The highest BCUT2D eigenvalue weighted by molar-refractivity contribution is 6.04. The predicted octanol–water partition coefficient (Wildman–Crippen LogP) is 3.98. The molecule has 29 heavy (non-hydrogen) atoms. The van der Waals surface area contributed by atoms with E-state index in [0.29, 0.717) is 5.95 Å². The number of anilines is 4. The van der Waals surface area contributed by atoms with Gasteiger partial charge in [-0.1, -0.05) is 6.07 Å². The van der Waals surface area contributed by atoms with E-state index in [-0.39, 0.29) is 0 Å². The third-order valence-corrected chi connectivity index (χ3v) is 5.33. The molecule has 7 heteroatoms. The average molecular weight is 383 g/mol. The van der Waals surface area contributed by atoms with Crippen molar-refractivity contribution >= 4 is 33.9 Å². The number of nitrogens with zero attached hydrogens (tertiary/aromatic N) is 6. The van der Waals surface area contributed by atoms with Gasteiger partial charge in [0.25, 0.3) is 0 Å². The van der Waals surface area contributed by atoms with Gasteiger partial charge in [-0.15, -0.1) is 0 Å². The Morgan fingerprint density at radius 2 is 1.76 bits per heavy atom. The van der Waals surface area contributed by atoms with Crippen molar-refractivity contribution in [2.45, 2.75) is 6.92 Å². The van der Waals surface area contributed by atoms with Crippen molar-refractivity contribution in [3.05, 3.63) is 60.8 Å². The fourth-order valence-electron chi connectivity index (χ4n) is 3.83. The van der Waals surface area contributed by atoms with E-state index >= 15 is 0 Å². The third-order valence-electron chi connectivity index (χ3n) is 5.33. The maximum Gasteiger partial charge on any atom is 0.222 e. The lowest BCUT2D eigenvalue weighted by Gasteiger charge is -2.21. The Labute approximate surface area is 169 Å². The highest BCUT2D eigenvalue weighted by Crippen LogP contribution is 2.45. The first-order valence-corrected chi connectivity index (χ1v) is 9.49. The normalized spacial score (nSPS) is 13.1.